The van der Waals surface area contributed by atoms with Crippen molar-refractivity contribution in [3.05, 3.63) is 35.9 Å². The molecule has 0 amide bonds. The Morgan fingerprint density at radius 3 is 2.22 bits per heavy atom. The fourth-order valence-electron chi connectivity index (χ4n) is 3.84. The number of hydrogen-bond acceptors (Lipinski definition) is 2. The van der Waals surface area contributed by atoms with E-state index in [-0.39, 0.29) is 0 Å². The molecule has 0 N–H and O–H groups in total. The first-order chi connectivity index (χ1) is 8.74. The molecule has 2 heterocycles. The molecule has 2 saturated heterocycles. The van der Waals surface area contributed by atoms with Crippen LogP contribution in [0.4, 0.5) is 0 Å². The van der Waals surface area contributed by atoms with Gasteiger partial charge in [0.25, 0.3) is 0 Å². The molecule has 2 aliphatic heterocycles. The van der Waals surface area contributed by atoms with Crippen molar-refractivity contribution in [2.24, 2.45) is 0 Å². The van der Waals surface area contributed by atoms with E-state index in [0.717, 1.165) is 18.6 Å². The summed E-state index contributed by atoms with van der Waals surface area (Å²) in [5.74, 6) is 0. The fourth-order valence-corrected chi connectivity index (χ4v) is 3.84. The van der Waals surface area contributed by atoms with Crippen molar-refractivity contribution in [2.45, 2.75) is 51.4 Å². The second kappa shape index (κ2) is 5.02. The standard InChI is InChI=1S/C16H24N2/c1-13(2)18-15-8-9-16(18)12-17(11-15)10-14-6-4-3-5-7-14/h3-7,13,15-16H,8-12H2,1-2H3. The van der Waals surface area contributed by atoms with Gasteiger partial charge in [0.2, 0.25) is 0 Å². The van der Waals surface area contributed by atoms with Crippen LogP contribution in [0.1, 0.15) is 32.3 Å². The maximum atomic E-state index is 2.75. The number of fused-ring (bicyclic) bond motifs is 2. The lowest BCUT2D eigenvalue weighted by atomic mass is 10.1. The van der Waals surface area contributed by atoms with E-state index in [1.54, 1.807) is 0 Å². The number of rotatable bonds is 3. The molecule has 2 bridgehead atoms. The van der Waals surface area contributed by atoms with Gasteiger partial charge in [0.1, 0.15) is 0 Å². The highest BCUT2D eigenvalue weighted by Crippen LogP contribution is 2.32. The molecule has 98 valence electrons. The van der Waals surface area contributed by atoms with Crippen LogP contribution in [0.15, 0.2) is 30.3 Å². The Bertz CT molecular complexity index is 373. The summed E-state index contributed by atoms with van der Waals surface area (Å²) < 4.78 is 0. The van der Waals surface area contributed by atoms with Gasteiger partial charge in [-0.3, -0.25) is 9.80 Å². The smallest absolute Gasteiger partial charge is 0.0235 e. The van der Waals surface area contributed by atoms with E-state index in [2.05, 4.69) is 54.0 Å². The minimum atomic E-state index is 0.710. The number of nitrogens with zero attached hydrogens (tertiary/aromatic N) is 2. The van der Waals surface area contributed by atoms with Gasteiger partial charge < -0.3 is 0 Å². The first-order valence-electron chi connectivity index (χ1n) is 7.28. The molecule has 3 rings (SSSR count). The zero-order chi connectivity index (χ0) is 12.5. The molecule has 0 aliphatic carbocycles. The minimum absolute atomic E-state index is 0.710. The van der Waals surface area contributed by atoms with Crippen molar-refractivity contribution in [1.29, 1.82) is 0 Å². The molecule has 2 heteroatoms. The van der Waals surface area contributed by atoms with Crippen LogP contribution in [0.5, 0.6) is 0 Å². The van der Waals surface area contributed by atoms with Crippen LogP contribution >= 0.6 is 0 Å². The van der Waals surface area contributed by atoms with Crippen LogP contribution in [0.2, 0.25) is 0 Å². The third-order valence-corrected chi connectivity index (χ3v) is 4.46. The predicted molar refractivity (Wildman–Crippen MR) is 75.5 cm³/mol. The Morgan fingerprint density at radius 1 is 1.06 bits per heavy atom. The van der Waals surface area contributed by atoms with Gasteiger partial charge in [-0.2, -0.15) is 0 Å². The van der Waals surface area contributed by atoms with Gasteiger partial charge in [0, 0.05) is 37.8 Å². The molecule has 2 nitrogen and oxygen atoms in total. The molecule has 1 aromatic carbocycles. The van der Waals surface area contributed by atoms with Crippen LogP contribution in [0.3, 0.4) is 0 Å². The number of benzene rings is 1. The maximum Gasteiger partial charge on any atom is 0.0235 e. The van der Waals surface area contributed by atoms with Crippen LogP contribution in [0, 0.1) is 0 Å². The highest BCUT2D eigenvalue weighted by atomic mass is 15.3. The van der Waals surface area contributed by atoms with Gasteiger partial charge in [-0.25, -0.2) is 0 Å². The third kappa shape index (κ3) is 2.32. The summed E-state index contributed by atoms with van der Waals surface area (Å²) in [6.07, 6.45) is 2.79. The van der Waals surface area contributed by atoms with Crippen LogP contribution in [0.25, 0.3) is 0 Å². The molecule has 0 saturated carbocycles. The zero-order valence-electron chi connectivity index (χ0n) is 11.5. The first kappa shape index (κ1) is 12.2. The van der Waals surface area contributed by atoms with Gasteiger partial charge in [-0.15, -0.1) is 0 Å². The Balaban J connectivity index is 1.65. The SMILES string of the molecule is CC(C)N1C2CCC1CN(Cc1ccccc1)C2. The monoisotopic (exact) mass is 244 g/mol. The van der Waals surface area contributed by atoms with Gasteiger partial charge >= 0.3 is 0 Å². The quantitative estimate of drug-likeness (QED) is 0.806. The highest BCUT2D eigenvalue weighted by Gasteiger charge is 2.40. The summed E-state index contributed by atoms with van der Waals surface area (Å²) in [6.45, 7) is 8.32. The van der Waals surface area contributed by atoms with E-state index in [1.165, 1.54) is 31.5 Å². The summed E-state index contributed by atoms with van der Waals surface area (Å²) in [4.78, 5) is 5.40. The third-order valence-electron chi connectivity index (χ3n) is 4.46. The van der Waals surface area contributed by atoms with Crippen LogP contribution < -0.4 is 0 Å². The molecule has 0 radical (unpaired) electrons. The molecule has 2 atom stereocenters. The van der Waals surface area contributed by atoms with Crippen molar-refractivity contribution in [3.8, 4) is 0 Å². The molecule has 2 aliphatic rings. The van der Waals surface area contributed by atoms with Crippen LogP contribution in [-0.4, -0.2) is 41.0 Å². The Hall–Kier alpha value is -0.860. The Labute approximate surface area is 111 Å². The lowest BCUT2D eigenvalue weighted by Gasteiger charge is -2.43. The second-order valence-corrected chi connectivity index (χ2v) is 6.11. The molecule has 2 unspecified atom stereocenters. The van der Waals surface area contributed by atoms with Gasteiger partial charge in [-0.1, -0.05) is 30.3 Å². The minimum Gasteiger partial charge on any atom is -0.296 e. The second-order valence-electron chi connectivity index (χ2n) is 6.11. The average Bonchev–Trinajstić information content (AvgIpc) is 2.63. The van der Waals surface area contributed by atoms with Gasteiger partial charge in [0.15, 0.2) is 0 Å². The summed E-state index contributed by atoms with van der Waals surface area (Å²) >= 11 is 0. The maximum absolute atomic E-state index is 2.75. The van der Waals surface area contributed by atoms with Crippen LogP contribution in [-0.2, 0) is 6.54 Å². The van der Waals surface area contributed by atoms with Crippen molar-refractivity contribution < 1.29 is 0 Å². The Morgan fingerprint density at radius 2 is 1.67 bits per heavy atom. The van der Waals surface area contributed by atoms with E-state index in [1.807, 2.05) is 0 Å². The first-order valence-corrected chi connectivity index (χ1v) is 7.28. The highest BCUT2D eigenvalue weighted by molar-refractivity contribution is 5.15. The van der Waals surface area contributed by atoms with Crippen molar-refractivity contribution in [2.75, 3.05) is 13.1 Å². The van der Waals surface area contributed by atoms with E-state index in [4.69, 9.17) is 0 Å². The number of likely N-dealkylation sites (tertiary alicyclic amines) is 1. The lowest BCUT2D eigenvalue weighted by Crippen LogP contribution is -2.55. The molecule has 1 aromatic rings. The Kier molecular flexibility index (Phi) is 3.40. The van der Waals surface area contributed by atoms with Crippen molar-refractivity contribution in [1.82, 2.24) is 9.80 Å². The van der Waals surface area contributed by atoms with E-state index in [0.29, 0.717) is 6.04 Å². The molecule has 0 spiro atoms. The normalized spacial score (nSPS) is 29.1. The fraction of sp³-hybridized carbons (Fsp3) is 0.625. The number of hydrogen-bond donors (Lipinski definition) is 0. The van der Waals surface area contributed by atoms with E-state index >= 15 is 0 Å². The van der Waals surface area contributed by atoms with Gasteiger partial charge in [0.05, 0.1) is 0 Å². The molecular weight excluding hydrogens is 220 g/mol. The topological polar surface area (TPSA) is 6.48 Å². The summed E-state index contributed by atoms with van der Waals surface area (Å²) in [5.41, 5.74) is 1.45. The summed E-state index contributed by atoms with van der Waals surface area (Å²) in [7, 11) is 0. The van der Waals surface area contributed by atoms with E-state index in [9.17, 15) is 0 Å². The molecule has 0 aromatic heterocycles. The molecular formula is C16H24N2. The largest absolute Gasteiger partial charge is 0.296 e. The lowest BCUT2D eigenvalue weighted by molar-refractivity contribution is 0.0400. The zero-order valence-corrected chi connectivity index (χ0v) is 11.5. The molecule has 2 fully saturated rings. The summed E-state index contributed by atoms with van der Waals surface area (Å²) in [5, 5.41) is 0. The average molecular weight is 244 g/mol. The van der Waals surface area contributed by atoms with Crippen molar-refractivity contribution in [3.63, 3.8) is 0 Å². The molecule has 18 heavy (non-hydrogen) atoms. The van der Waals surface area contributed by atoms with Crippen molar-refractivity contribution >= 4 is 0 Å². The van der Waals surface area contributed by atoms with Gasteiger partial charge in [-0.05, 0) is 32.3 Å². The predicted octanol–water partition coefficient (Wildman–Crippen LogP) is 2.74. The number of piperazine rings is 1. The van der Waals surface area contributed by atoms with E-state index < -0.39 is 0 Å². The summed E-state index contributed by atoms with van der Waals surface area (Å²) in [6, 6.07) is 13.2.